The number of benzene rings is 2. The molecule has 49 heavy (non-hydrogen) atoms. The summed E-state index contributed by atoms with van der Waals surface area (Å²) in [5.74, 6) is 0.0758. The topological polar surface area (TPSA) is 142 Å². The number of rotatable bonds is 8. The first-order valence-electron chi connectivity index (χ1n) is 16.2. The summed E-state index contributed by atoms with van der Waals surface area (Å²) in [6.07, 6.45) is 6.30. The third kappa shape index (κ3) is 6.61. The van der Waals surface area contributed by atoms with Crippen LogP contribution >= 0.6 is 11.6 Å². The van der Waals surface area contributed by atoms with Crippen molar-refractivity contribution in [2.75, 3.05) is 49.5 Å². The van der Waals surface area contributed by atoms with Gasteiger partial charge in [0.25, 0.3) is 5.56 Å². The average Bonchev–Trinajstić information content (AvgIpc) is 3.66. The molecule has 12 nitrogen and oxygen atoms in total. The number of nitrogens with one attached hydrogen (secondary N) is 2. The smallest absolute Gasteiger partial charge is 0.260 e. The number of aryl methyl sites for hydroxylation is 1. The zero-order valence-electron chi connectivity index (χ0n) is 26.9. The highest BCUT2D eigenvalue weighted by atomic mass is 35.5. The molecule has 0 atom stereocenters. The third-order valence-corrected chi connectivity index (χ3v) is 11.1. The summed E-state index contributed by atoms with van der Waals surface area (Å²) < 4.78 is 27.9. The van der Waals surface area contributed by atoms with E-state index in [1.54, 1.807) is 36.2 Å². The number of aromatic nitrogens is 4. The van der Waals surface area contributed by atoms with E-state index in [0.29, 0.717) is 51.5 Å². The number of hydrogen-bond acceptors (Lipinski definition) is 10. The van der Waals surface area contributed by atoms with Crippen LogP contribution in [0.2, 0.25) is 5.02 Å². The molecule has 5 heterocycles. The monoisotopic (exact) mass is 698 g/mol. The minimum atomic E-state index is -3.79. The molecule has 0 spiro atoms. The van der Waals surface area contributed by atoms with Crippen LogP contribution in [0.5, 0.6) is 0 Å². The maximum Gasteiger partial charge on any atom is 0.260 e. The molecule has 2 aromatic carbocycles. The quantitative estimate of drug-likeness (QED) is 0.239. The van der Waals surface area contributed by atoms with E-state index in [1.807, 2.05) is 18.2 Å². The van der Waals surface area contributed by atoms with Gasteiger partial charge in [-0.3, -0.25) is 19.1 Å². The van der Waals surface area contributed by atoms with E-state index >= 15 is 0 Å². The highest BCUT2D eigenvalue weighted by Gasteiger charge is 2.24. The Balaban J connectivity index is 1.26. The lowest BCUT2D eigenvalue weighted by molar-refractivity contribution is -0.130. The molecule has 2 fully saturated rings. The molecule has 5 aromatic rings. The standard InChI is InChI=1S/C35H35ClN8O4S/c1-23-18-27(49(47,48)26-8-10-37-11-9-26)5-6-28(23)29-19-24-21-39-35(40-25-4-7-31(30(36)20-25)42-16-12-38-13-17-42)41-33(24)44(34(29)46)22-32(45)43-14-2-3-15-43/h4-11,18-21,38H,2-3,12-17,22H2,1H3,(H,39,40,41). The molecule has 0 unspecified atom stereocenters. The molecule has 2 N–H and O–H groups in total. The van der Waals surface area contributed by atoms with Crippen molar-refractivity contribution in [3.05, 3.63) is 94.1 Å². The minimum absolute atomic E-state index is 0.102. The molecule has 0 aliphatic carbocycles. The second-order valence-corrected chi connectivity index (χ2v) is 14.6. The van der Waals surface area contributed by atoms with Gasteiger partial charge in [-0.1, -0.05) is 17.7 Å². The molecule has 0 bridgehead atoms. The van der Waals surface area contributed by atoms with Crippen LogP contribution in [0.4, 0.5) is 17.3 Å². The Bertz CT molecular complexity index is 2220. The summed E-state index contributed by atoms with van der Waals surface area (Å²) in [4.78, 5) is 45.0. The molecule has 252 valence electrons. The van der Waals surface area contributed by atoms with Crippen LogP contribution in [0.25, 0.3) is 22.2 Å². The lowest BCUT2D eigenvalue weighted by Crippen LogP contribution is -2.43. The van der Waals surface area contributed by atoms with Crippen LogP contribution in [-0.2, 0) is 21.2 Å². The van der Waals surface area contributed by atoms with Gasteiger partial charge in [-0.2, -0.15) is 4.98 Å². The van der Waals surface area contributed by atoms with Crippen molar-refractivity contribution in [3.8, 4) is 11.1 Å². The van der Waals surface area contributed by atoms with Gasteiger partial charge in [0.05, 0.1) is 20.5 Å². The van der Waals surface area contributed by atoms with Crippen LogP contribution < -0.4 is 21.1 Å². The first-order chi connectivity index (χ1) is 23.7. The summed E-state index contributed by atoms with van der Waals surface area (Å²) in [5.41, 5.74) is 2.96. The first-order valence-corrected chi connectivity index (χ1v) is 18.0. The van der Waals surface area contributed by atoms with Crippen molar-refractivity contribution in [2.45, 2.75) is 36.1 Å². The molecule has 2 saturated heterocycles. The van der Waals surface area contributed by atoms with E-state index in [4.69, 9.17) is 16.6 Å². The Kier molecular flexibility index (Phi) is 9.05. The summed E-state index contributed by atoms with van der Waals surface area (Å²) >= 11 is 6.68. The highest BCUT2D eigenvalue weighted by molar-refractivity contribution is 7.91. The van der Waals surface area contributed by atoms with E-state index in [-0.39, 0.29) is 28.2 Å². The molecule has 2 aliphatic heterocycles. The fourth-order valence-electron chi connectivity index (χ4n) is 6.40. The molecule has 7 rings (SSSR count). The number of likely N-dealkylation sites (tertiary alicyclic amines) is 1. The number of amides is 1. The van der Waals surface area contributed by atoms with Crippen LogP contribution in [0, 0.1) is 6.92 Å². The molecule has 0 saturated carbocycles. The Morgan fingerprint density at radius 2 is 1.69 bits per heavy atom. The van der Waals surface area contributed by atoms with E-state index in [1.165, 1.54) is 35.2 Å². The predicted molar refractivity (Wildman–Crippen MR) is 189 cm³/mol. The largest absolute Gasteiger partial charge is 0.368 e. The van der Waals surface area contributed by atoms with E-state index in [2.05, 4.69) is 25.5 Å². The number of fused-ring (bicyclic) bond motifs is 1. The van der Waals surface area contributed by atoms with Gasteiger partial charge in [-0.05, 0) is 79.4 Å². The van der Waals surface area contributed by atoms with Gasteiger partial charge in [0, 0.05) is 74.5 Å². The number of piperazine rings is 1. The second-order valence-electron chi connectivity index (χ2n) is 12.2. The van der Waals surface area contributed by atoms with Gasteiger partial charge in [0.15, 0.2) is 0 Å². The normalized spacial score (nSPS) is 15.1. The number of carbonyl (C=O) groups excluding carboxylic acids is 1. The molecule has 2 aliphatic rings. The van der Waals surface area contributed by atoms with Crippen LogP contribution in [-0.4, -0.2) is 78.0 Å². The number of hydrogen-bond donors (Lipinski definition) is 2. The van der Waals surface area contributed by atoms with Gasteiger partial charge in [-0.15, -0.1) is 0 Å². The Morgan fingerprint density at radius 1 is 0.939 bits per heavy atom. The molecular formula is C35H35ClN8O4S. The maximum absolute atomic E-state index is 14.3. The van der Waals surface area contributed by atoms with Gasteiger partial charge >= 0.3 is 0 Å². The molecule has 0 radical (unpaired) electrons. The minimum Gasteiger partial charge on any atom is -0.368 e. The molecule has 3 aromatic heterocycles. The van der Waals surface area contributed by atoms with Crippen molar-refractivity contribution >= 4 is 55.7 Å². The van der Waals surface area contributed by atoms with E-state index < -0.39 is 15.4 Å². The SMILES string of the molecule is Cc1cc(S(=O)(=O)c2ccncc2)ccc1-c1cc2cnc(Nc3ccc(N4CCNCC4)c(Cl)c3)nc2n(CC(=O)N2CCCC2)c1=O. The number of halogens is 1. The van der Waals surface area contributed by atoms with Crippen molar-refractivity contribution in [2.24, 2.45) is 0 Å². The first kappa shape index (κ1) is 32.7. The zero-order valence-corrected chi connectivity index (χ0v) is 28.5. The highest BCUT2D eigenvalue weighted by Crippen LogP contribution is 2.31. The van der Waals surface area contributed by atoms with Gasteiger partial charge in [0.2, 0.25) is 21.7 Å². The number of sulfone groups is 1. The summed E-state index contributed by atoms with van der Waals surface area (Å²) in [6.45, 7) is 6.36. The second kappa shape index (κ2) is 13.6. The predicted octanol–water partition coefficient (Wildman–Crippen LogP) is 4.42. The van der Waals surface area contributed by atoms with Gasteiger partial charge < -0.3 is 20.4 Å². The number of anilines is 3. The number of pyridine rings is 2. The Labute approximate surface area is 288 Å². The lowest BCUT2D eigenvalue weighted by atomic mass is 10.0. The Morgan fingerprint density at radius 3 is 2.41 bits per heavy atom. The molecule has 14 heteroatoms. The fourth-order valence-corrected chi connectivity index (χ4v) is 8.03. The van der Waals surface area contributed by atoms with E-state index in [9.17, 15) is 18.0 Å². The fraction of sp³-hybridized carbons (Fsp3) is 0.286. The lowest BCUT2D eigenvalue weighted by Gasteiger charge is -2.30. The van der Waals surface area contributed by atoms with Crippen LogP contribution in [0.15, 0.2) is 87.8 Å². The molecular weight excluding hydrogens is 664 g/mol. The number of nitrogens with zero attached hydrogens (tertiary/aromatic N) is 6. The van der Waals surface area contributed by atoms with Gasteiger partial charge in [-0.25, -0.2) is 13.4 Å². The average molecular weight is 699 g/mol. The van der Waals surface area contributed by atoms with Crippen molar-refractivity contribution < 1.29 is 13.2 Å². The number of carbonyl (C=O) groups is 1. The van der Waals surface area contributed by atoms with Crippen LogP contribution in [0.1, 0.15) is 18.4 Å². The van der Waals surface area contributed by atoms with Gasteiger partial charge in [0.1, 0.15) is 12.2 Å². The van der Waals surface area contributed by atoms with Crippen molar-refractivity contribution in [1.82, 2.24) is 29.7 Å². The Hall–Kier alpha value is -4.85. The summed E-state index contributed by atoms with van der Waals surface area (Å²) in [5, 5.41) is 7.69. The third-order valence-electron chi connectivity index (χ3n) is 9.00. The zero-order chi connectivity index (χ0) is 34.1. The maximum atomic E-state index is 14.3. The van der Waals surface area contributed by atoms with Crippen LogP contribution in [0.3, 0.4) is 0 Å². The van der Waals surface area contributed by atoms with E-state index in [0.717, 1.165) is 44.7 Å². The molecule has 1 amide bonds. The van der Waals surface area contributed by atoms with Crippen molar-refractivity contribution in [1.29, 1.82) is 0 Å². The summed E-state index contributed by atoms with van der Waals surface area (Å²) in [7, 11) is -3.79. The van der Waals surface area contributed by atoms with Crippen molar-refractivity contribution in [3.63, 3.8) is 0 Å². The summed E-state index contributed by atoms with van der Waals surface area (Å²) in [6, 6.07) is 14.9.